The molecule has 0 bridgehead atoms. The van der Waals surface area contributed by atoms with E-state index in [1.807, 2.05) is 6.92 Å². The number of carbonyl (C=O) groups excluding carboxylic acids is 1. The molecule has 4 aliphatic carbocycles. The van der Waals surface area contributed by atoms with Crippen LogP contribution in [0.1, 0.15) is 139 Å². The molecule has 6 aliphatic rings. The molecule has 2 aromatic rings. The second-order valence-electron chi connectivity index (χ2n) is 17.6. The largest absolute Gasteiger partial charge is 0.392 e. The molecule has 2 aliphatic heterocycles. The minimum Gasteiger partial charge on any atom is -0.392 e. The van der Waals surface area contributed by atoms with Crippen molar-refractivity contribution in [2.24, 2.45) is 28.6 Å². The molecule has 2 unspecified atom stereocenters. The van der Waals surface area contributed by atoms with Gasteiger partial charge in [-0.2, -0.15) is 0 Å². The third kappa shape index (κ3) is 4.38. The number of carbonyl (C=O) groups is 1. The zero-order valence-electron chi connectivity index (χ0n) is 32.2. The number of aromatic nitrogens is 1. The zero-order chi connectivity index (χ0) is 37.1. The van der Waals surface area contributed by atoms with Gasteiger partial charge in [0.25, 0.3) is 0 Å². The van der Waals surface area contributed by atoms with Crippen molar-refractivity contribution in [2.75, 3.05) is 0 Å². The Morgan fingerprint density at radius 3 is 2.32 bits per heavy atom. The lowest BCUT2D eigenvalue weighted by molar-refractivity contribution is -0.145. The first-order chi connectivity index (χ1) is 23.4. The maximum Gasteiger partial charge on any atom is 0.192 e. The van der Waals surface area contributed by atoms with Gasteiger partial charge in [0.15, 0.2) is 5.78 Å². The van der Waals surface area contributed by atoms with E-state index in [0.29, 0.717) is 17.4 Å². The molecular weight excluding hydrogens is 618 g/mol. The van der Waals surface area contributed by atoms with Crippen LogP contribution in [0, 0.1) is 28.6 Å². The Morgan fingerprint density at radius 2 is 1.70 bits per heavy atom. The number of benzene rings is 1. The van der Waals surface area contributed by atoms with E-state index in [1.54, 1.807) is 0 Å². The van der Waals surface area contributed by atoms with Gasteiger partial charge < -0.3 is 19.5 Å². The van der Waals surface area contributed by atoms with Crippen molar-refractivity contribution in [3.05, 3.63) is 90.7 Å². The van der Waals surface area contributed by atoms with Crippen molar-refractivity contribution in [1.29, 1.82) is 0 Å². The van der Waals surface area contributed by atoms with E-state index in [0.717, 1.165) is 66.3 Å². The van der Waals surface area contributed by atoms with Crippen LogP contribution in [0.2, 0.25) is 0 Å². The van der Waals surface area contributed by atoms with Crippen molar-refractivity contribution in [1.82, 2.24) is 4.57 Å². The van der Waals surface area contributed by atoms with Crippen LogP contribution in [0.25, 0.3) is 16.5 Å². The van der Waals surface area contributed by atoms with E-state index in [1.165, 1.54) is 16.6 Å². The number of hydrogen-bond acceptors (Lipinski definition) is 4. The van der Waals surface area contributed by atoms with Gasteiger partial charge >= 0.3 is 0 Å². The van der Waals surface area contributed by atoms with Crippen LogP contribution in [0.4, 0.5) is 0 Å². The smallest absolute Gasteiger partial charge is 0.192 e. The van der Waals surface area contributed by atoms with E-state index in [4.69, 9.17) is 4.74 Å². The first kappa shape index (κ1) is 36.8. The standard InChI is InChI=1S/C41H53NO4.2C2H4/c1-11-12-16-39(8)27-14-13-22-18-25-24-19-23-26-20-37(4,5)46-38(6,7)31(26)34(44)29(23)30-33(24)42(32(21(2)3)35(30)45)36(25)41(22,10)40(27,9)17-15-28(39)43;2*1-2/h12,16,19-20,22,27-28,31-32,34,43-44H,2,11,13-15,17-18H2,1,3-10H3;2*1-2H2/t22?,27-,28-,31?,32-,34+,39-,40-,41+;;/m0../s1. The molecule has 50 heavy (non-hydrogen) atoms. The van der Waals surface area contributed by atoms with Crippen LogP contribution >= 0.6 is 0 Å². The molecule has 2 fully saturated rings. The number of hydrogen-bond donors (Lipinski definition) is 2. The number of nitrogens with zero attached hydrogens (tertiary/aromatic N) is 1. The fraction of sp³-hybridized carbons (Fsp3) is 0.578. The van der Waals surface area contributed by atoms with Crippen LogP contribution in [0.5, 0.6) is 0 Å². The van der Waals surface area contributed by atoms with E-state index < -0.39 is 23.3 Å². The van der Waals surface area contributed by atoms with E-state index in [9.17, 15) is 15.0 Å². The molecule has 1 aromatic carbocycles. The van der Waals surface area contributed by atoms with Gasteiger partial charge in [-0.3, -0.25) is 4.79 Å². The minimum absolute atomic E-state index is 0.0584. The summed E-state index contributed by atoms with van der Waals surface area (Å²) in [6.45, 7) is 36.2. The molecule has 0 amide bonds. The van der Waals surface area contributed by atoms with Gasteiger partial charge in [0, 0.05) is 33.4 Å². The van der Waals surface area contributed by atoms with Crippen molar-refractivity contribution in [3.63, 3.8) is 0 Å². The summed E-state index contributed by atoms with van der Waals surface area (Å²) in [7, 11) is 0. The van der Waals surface area contributed by atoms with Crippen molar-refractivity contribution in [2.45, 2.75) is 136 Å². The number of aliphatic hydroxyl groups excluding tert-OH is 2. The predicted molar refractivity (Wildman–Crippen MR) is 206 cm³/mol. The summed E-state index contributed by atoms with van der Waals surface area (Å²) >= 11 is 0. The molecular formula is C45H61NO4. The number of allylic oxidation sites excluding steroid dienone is 2. The van der Waals surface area contributed by atoms with Gasteiger partial charge in [-0.15, -0.1) is 26.3 Å². The molecule has 8 rings (SSSR count). The molecule has 2 N–H and O–H groups in total. The fourth-order valence-electron chi connectivity index (χ4n) is 12.5. The monoisotopic (exact) mass is 679 g/mol. The molecule has 0 radical (unpaired) electrons. The summed E-state index contributed by atoms with van der Waals surface area (Å²) in [5.41, 5.74) is 6.62. The molecule has 270 valence electrons. The number of ether oxygens (including phenoxy) is 1. The maximum atomic E-state index is 14.8. The van der Waals surface area contributed by atoms with Crippen molar-refractivity contribution < 1.29 is 19.7 Å². The predicted octanol–water partition coefficient (Wildman–Crippen LogP) is 10.2. The lowest BCUT2D eigenvalue weighted by Crippen LogP contribution is -2.62. The number of fused-ring (bicyclic) bond motifs is 11. The summed E-state index contributed by atoms with van der Waals surface area (Å²) in [6, 6.07) is 1.86. The lowest BCUT2D eigenvalue weighted by atomic mass is 9.40. The highest BCUT2D eigenvalue weighted by molar-refractivity contribution is 6.18. The van der Waals surface area contributed by atoms with Crippen molar-refractivity contribution >= 4 is 22.3 Å². The Hall–Kier alpha value is -2.99. The third-order valence-electron chi connectivity index (χ3n) is 14.3. The Balaban J connectivity index is 0.00000104. The first-order valence-electron chi connectivity index (χ1n) is 18.9. The Kier molecular flexibility index (Phi) is 8.66. The highest BCUT2D eigenvalue weighted by Gasteiger charge is 2.67. The van der Waals surface area contributed by atoms with E-state index >= 15 is 0 Å². The summed E-state index contributed by atoms with van der Waals surface area (Å²) < 4.78 is 8.93. The average Bonchev–Trinajstić information content (AvgIpc) is 3.73. The maximum absolute atomic E-state index is 14.8. The Labute approximate surface area is 300 Å². The molecule has 5 heteroatoms. The lowest BCUT2D eigenvalue weighted by Gasteiger charge is -2.64. The summed E-state index contributed by atoms with van der Waals surface area (Å²) in [5.74, 6) is 0.633. The summed E-state index contributed by atoms with van der Waals surface area (Å²) in [4.78, 5) is 14.8. The van der Waals surface area contributed by atoms with Crippen LogP contribution < -0.4 is 0 Å². The van der Waals surface area contributed by atoms with Gasteiger partial charge in [-0.1, -0.05) is 52.0 Å². The molecule has 3 heterocycles. The average molecular weight is 680 g/mol. The number of Topliss-reactive ketones (excluding diaryl/α,β-unsaturated/α-hetero) is 1. The quantitative estimate of drug-likeness (QED) is 0.317. The molecule has 0 spiro atoms. The number of rotatable bonds is 3. The second kappa shape index (κ2) is 11.8. The molecule has 9 atom stereocenters. The Morgan fingerprint density at radius 1 is 1.04 bits per heavy atom. The normalized spacial score (nSPS) is 38.1. The highest BCUT2D eigenvalue weighted by atomic mass is 16.5. The van der Waals surface area contributed by atoms with Crippen LogP contribution in [-0.2, 0) is 16.6 Å². The minimum atomic E-state index is -0.816. The van der Waals surface area contributed by atoms with Crippen molar-refractivity contribution in [3.8, 4) is 0 Å². The number of aliphatic hydroxyl groups is 2. The van der Waals surface area contributed by atoms with Crippen LogP contribution in [0.3, 0.4) is 0 Å². The van der Waals surface area contributed by atoms with Gasteiger partial charge in [-0.25, -0.2) is 0 Å². The SMILES string of the molecule is C=C.C=C.C=C(C)[C@H]1C(=O)c2c3c(cc4c5c(n1c24)[C@@]1(C)C(CC[C@H]2[C@](C)(C=CCC)[C@@H](O)CC[C@@]21C)C5)C1=CC(C)(C)OC(C)(C)C1[C@@H]3O. The molecule has 0 saturated heterocycles. The molecule has 5 nitrogen and oxygen atoms in total. The summed E-state index contributed by atoms with van der Waals surface area (Å²) in [5, 5.41) is 24.8. The van der Waals surface area contributed by atoms with Gasteiger partial charge in [0.2, 0.25) is 0 Å². The van der Waals surface area contributed by atoms with Gasteiger partial charge in [-0.05, 0) is 119 Å². The number of ketones is 1. The second-order valence-corrected chi connectivity index (χ2v) is 17.6. The Bertz CT molecular complexity index is 1840. The highest BCUT2D eigenvalue weighted by Crippen LogP contribution is 2.71. The third-order valence-corrected chi connectivity index (χ3v) is 14.3. The van der Waals surface area contributed by atoms with Gasteiger partial charge in [0.1, 0.15) is 6.04 Å². The van der Waals surface area contributed by atoms with E-state index in [2.05, 4.69) is 117 Å². The molecule has 1 aromatic heterocycles. The first-order valence-corrected chi connectivity index (χ1v) is 18.9. The summed E-state index contributed by atoms with van der Waals surface area (Å²) in [6.07, 6.45) is 11.5. The molecule has 2 saturated carbocycles. The fourth-order valence-corrected chi connectivity index (χ4v) is 12.5. The van der Waals surface area contributed by atoms with Gasteiger partial charge in [0.05, 0.1) is 34.5 Å². The van der Waals surface area contributed by atoms with Crippen LogP contribution in [0.15, 0.2) is 62.8 Å². The van der Waals surface area contributed by atoms with Crippen LogP contribution in [-0.4, -0.2) is 37.9 Å². The topological polar surface area (TPSA) is 71.7 Å². The van der Waals surface area contributed by atoms with E-state index in [-0.39, 0.29) is 34.1 Å². The zero-order valence-corrected chi connectivity index (χ0v) is 32.2.